The second-order valence-corrected chi connectivity index (χ2v) is 9.08. The number of rotatable bonds is 5. The summed E-state index contributed by atoms with van der Waals surface area (Å²) in [5, 5.41) is 3.22. The molecule has 3 N–H and O–H groups in total. The molecule has 0 aliphatic carbocycles. The van der Waals surface area contributed by atoms with E-state index in [2.05, 4.69) is 9.88 Å². The molecule has 9 nitrogen and oxygen atoms in total. The number of carbonyl (C=O) groups excluding carboxylic acids is 3. The third kappa shape index (κ3) is 5.23. The number of ether oxygens (including phenoxy) is 1. The first-order valence-corrected chi connectivity index (χ1v) is 11.6. The van der Waals surface area contributed by atoms with Gasteiger partial charge in [0, 0.05) is 23.7 Å². The Kier molecular flexibility index (Phi) is 6.75. The van der Waals surface area contributed by atoms with E-state index >= 15 is 0 Å². The highest BCUT2D eigenvalue weighted by atomic mass is 35.5. The Morgan fingerprint density at radius 1 is 1.18 bits per heavy atom. The number of thiazole rings is 1. The van der Waals surface area contributed by atoms with Gasteiger partial charge in [-0.05, 0) is 44.4 Å². The molecule has 1 aliphatic rings. The van der Waals surface area contributed by atoms with Crippen molar-refractivity contribution in [1.29, 1.82) is 0 Å². The summed E-state index contributed by atoms with van der Waals surface area (Å²) in [6, 6.07) is 7.69. The summed E-state index contributed by atoms with van der Waals surface area (Å²) in [5.41, 5.74) is 6.84. The van der Waals surface area contributed by atoms with Gasteiger partial charge in [0.25, 0.3) is 5.91 Å². The number of hydrogen-bond acceptors (Lipinski definition) is 8. The van der Waals surface area contributed by atoms with Gasteiger partial charge in [0.15, 0.2) is 16.9 Å². The summed E-state index contributed by atoms with van der Waals surface area (Å²) in [5.74, 6) is -1.54. The van der Waals surface area contributed by atoms with Crippen LogP contribution in [0.15, 0.2) is 30.3 Å². The smallest absolute Gasteiger partial charge is 0.340 e. The van der Waals surface area contributed by atoms with Crippen molar-refractivity contribution in [2.24, 2.45) is 5.73 Å². The van der Waals surface area contributed by atoms with Crippen LogP contribution in [-0.4, -0.2) is 47.1 Å². The lowest BCUT2D eigenvalue weighted by atomic mass is 10.1. The van der Waals surface area contributed by atoms with Crippen molar-refractivity contribution < 1.29 is 19.1 Å². The monoisotopic (exact) mass is 487 g/mol. The molecular formula is C22H22ClN5O4S. The minimum atomic E-state index is -1.22. The molecule has 11 heteroatoms. The number of amides is 3. The van der Waals surface area contributed by atoms with Crippen LogP contribution in [0, 0.1) is 0 Å². The fourth-order valence-corrected chi connectivity index (χ4v) is 4.82. The van der Waals surface area contributed by atoms with Gasteiger partial charge < -0.3 is 15.4 Å². The predicted molar refractivity (Wildman–Crippen MR) is 127 cm³/mol. The van der Waals surface area contributed by atoms with E-state index in [0.717, 1.165) is 31.1 Å². The van der Waals surface area contributed by atoms with E-state index in [1.165, 1.54) is 24.7 Å². The number of imide groups is 1. The molecule has 3 amide bonds. The van der Waals surface area contributed by atoms with E-state index in [0.29, 0.717) is 26.6 Å². The van der Waals surface area contributed by atoms with Gasteiger partial charge in [-0.3, -0.25) is 10.1 Å². The largest absolute Gasteiger partial charge is 0.449 e. The van der Waals surface area contributed by atoms with Gasteiger partial charge in [-0.15, -0.1) is 0 Å². The molecular weight excluding hydrogens is 466 g/mol. The molecule has 3 heterocycles. The quantitative estimate of drug-likeness (QED) is 0.524. The summed E-state index contributed by atoms with van der Waals surface area (Å²) in [6.45, 7) is 3.15. The molecule has 1 saturated heterocycles. The molecule has 4 rings (SSSR count). The molecule has 3 aromatic rings. The van der Waals surface area contributed by atoms with E-state index in [-0.39, 0.29) is 5.56 Å². The Balaban J connectivity index is 1.74. The van der Waals surface area contributed by atoms with Crippen molar-refractivity contribution in [2.75, 3.05) is 18.0 Å². The molecule has 0 unspecified atom stereocenters. The molecule has 2 aromatic heterocycles. The van der Waals surface area contributed by atoms with Crippen LogP contribution >= 0.6 is 22.9 Å². The summed E-state index contributed by atoms with van der Waals surface area (Å²) in [6.07, 6.45) is 2.12. The van der Waals surface area contributed by atoms with E-state index < -0.39 is 24.0 Å². The standard InChI is InChI=1S/C22H22ClN5O4S/c1-12(19(29)27-21(24)31)32-20(30)15-11-16(13-6-5-7-14(23)10-13)25-18-17(15)33-22(26-18)28-8-3-2-4-9-28/h5-7,10-12H,2-4,8-9H2,1H3,(H3,24,27,29,31)/t12-/m0/s1. The number of fused-ring (bicyclic) bond motifs is 1. The van der Waals surface area contributed by atoms with Crippen LogP contribution in [0.5, 0.6) is 0 Å². The van der Waals surface area contributed by atoms with Gasteiger partial charge in [-0.25, -0.2) is 14.6 Å². The van der Waals surface area contributed by atoms with Crippen LogP contribution in [0.25, 0.3) is 21.6 Å². The zero-order valence-electron chi connectivity index (χ0n) is 17.8. The van der Waals surface area contributed by atoms with Gasteiger partial charge in [0.2, 0.25) is 0 Å². The fourth-order valence-electron chi connectivity index (χ4n) is 3.57. The Morgan fingerprint density at radius 3 is 2.64 bits per heavy atom. The number of halogens is 1. The molecule has 0 radical (unpaired) electrons. The van der Waals surface area contributed by atoms with E-state index in [4.69, 9.17) is 27.1 Å². The Morgan fingerprint density at radius 2 is 1.94 bits per heavy atom. The van der Waals surface area contributed by atoms with Crippen molar-refractivity contribution in [3.63, 3.8) is 0 Å². The second kappa shape index (κ2) is 9.72. The first-order chi connectivity index (χ1) is 15.8. The third-order valence-electron chi connectivity index (χ3n) is 5.22. The number of nitrogens with two attached hydrogens (primary N) is 1. The van der Waals surface area contributed by atoms with Gasteiger partial charge in [-0.1, -0.05) is 35.1 Å². The number of nitrogens with one attached hydrogen (secondary N) is 1. The van der Waals surface area contributed by atoms with Crippen LogP contribution in [0.3, 0.4) is 0 Å². The van der Waals surface area contributed by atoms with Crippen molar-refractivity contribution in [2.45, 2.75) is 32.3 Å². The number of pyridine rings is 1. The molecule has 172 valence electrons. The fraction of sp³-hybridized carbons (Fsp3) is 0.318. The lowest BCUT2D eigenvalue weighted by Gasteiger charge is -2.25. The summed E-state index contributed by atoms with van der Waals surface area (Å²) < 4.78 is 5.89. The predicted octanol–water partition coefficient (Wildman–Crippen LogP) is 3.74. The van der Waals surface area contributed by atoms with Crippen LogP contribution < -0.4 is 16.0 Å². The number of hydrogen-bond donors (Lipinski definition) is 2. The van der Waals surface area contributed by atoms with Crippen LogP contribution in [0.4, 0.5) is 9.93 Å². The number of esters is 1. The number of piperidine rings is 1. The Bertz CT molecular complexity index is 1220. The number of carbonyl (C=O) groups is 3. The average Bonchev–Trinajstić information content (AvgIpc) is 3.22. The highest BCUT2D eigenvalue weighted by Gasteiger charge is 2.25. The number of primary amides is 1. The van der Waals surface area contributed by atoms with Crippen molar-refractivity contribution >= 4 is 56.3 Å². The summed E-state index contributed by atoms with van der Waals surface area (Å²) in [7, 11) is 0. The SMILES string of the molecule is C[C@H](OC(=O)c1cc(-c2cccc(Cl)c2)nc2nc(N3CCCCC3)sc12)C(=O)NC(N)=O. The van der Waals surface area contributed by atoms with Crippen molar-refractivity contribution in [3.05, 3.63) is 40.9 Å². The van der Waals surface area contributed by atoms with Crippen LogP contribution in [0.2, 0.25) is 5.02 Å². The second-order valence-electron chi connectivity index (χ2n) is 7.66. The van der Waals surface area contributed by atoms with Crippen molar-refractivity contribution in [3.8, 4) is 11.3 Å². The Labute approximate surface area is 198 Å². The molecule has 1 aromatic carbocycles. The molecule has 1 aliphatic heterocycles. The number of nitrogens with zero attached hydrogens (tertiary/aromatic N) is 3. The first kappa shape index (κ1) is 22.9. The number of urea groups is 1. The van der Waals surface area contributed by atoms with Gasteiger partial charge in [0.1, 0.15) is 0 Å². The van der Waals surface area contributed by atoms with E-state index in [9.17, 15) is 14.4 Å². The van der Waals surface area contributed by atoms with Gasteiger partial charge in [0.05, 0.1) is 16.0 Å². The minimum Gasteiger partial charge on any atom is -0.449 e. The van der Waals surface area contributed by atoms with Crippen LogP contribution in [-0.2, 0) is 9.53 Å². The zero-order valence-corrected chi connectivity index (χ0v) is 19.4. The number of benzene rings is 1. The van der Waals surface area contributed by atoms with E-state index in [1.807, 2.05) is 11.4 Å². The maximum absolute atomic E-state index is 13.1. The zero-order chi connectivity index (χ0) is 23.5. The molecule has 1 fully saturated rings. The lowest BCUT2D eigenvalue weighted by Crippen LogP contribution is -2.42. The van der Waals surface area contributed by atoms with Crippen LogP contribution in [0.1, 0.15) is 36.5 Å². The Hall–Kier alpha value is -3.24. The maximum atomic E-state index is 13.1. The first-order valence-electron chi connectivity index (χ1n) is 10.5. The molecule has 1 atom stereocenters. The van der Waals surface area contributed by atoms with E-state index in [1.54, 1.807) is 24.3 Å². The minimum absolute atomic E-state index is 0.231. The highest BCUT2D eigenvalue weighted by Crippen LogP contribution is 2.35. The normalized spacial score (nSPS) is 14.7. The molecule has 33 heavy (non-hydrogen) atoms. The summed E-state index contributed by atoms with van der Waals surface area (Å²) >= 11 is 7.51. The average molecular weight is 488 g/mol. The highest BCUT2D eigenvalue weighted by molar-refractivity contribution is 7.22. The molecule has 0 spiro atoms. The number of aromatic nitrogens is 2. The van der Waals surface area contributed by atoms with Gasteiger partial charge in [-0.2, -0.15) is 4.98 Å². The number of anilines is 1. The molecule has 0 saturated carbocycles. The molecule has 0 bridgehead atoms. The lowest BCUT2D eigenvalue weighted by molar-refractivity contribution is -0.127. The topological polar surface area (TPSA) is 128 Å². The van der Waals surface area contributed by atoms with Gasteiger partial charge >= 0.3 is 12.0 Å². The summed E-state index contributed by atoms with van der Waals surface area (Å²) in [4.78, 5) is 47.6. The third-order valence-corrected chi connectivity index (χ3v) is 6.59. The van der Waals surface area contributed by atoms with Crippen molar-refractivity contribution in [1.82, 2.24) is 15.3 Å². The maximum Gasteiger partial charge on any atom is 0.340 e.